The summed E-state index contributed by atoms with van der Waals surface area (Å²) in [5.41, 5.74) is 12.9. The van der Waals surface area contributed by atoms with Crippen molar-refractivity contribution in [3.63, 3.8) is 0 Å². The minimum atomic E-state index is -1.11. The molecule has 0 aliphatic heterocycles. The minimum absolute atomic E-state index is 0.00878. The van der Waals surface area contributed by atoms with Gasteiger partial charge in [-0.15, -0.1) is 0 Å². The van der Waals surface area contributed by atoms with E-state index in [0.29, 0.717) is 93.9 Å². The van der Waals surface area contributed by atoms with E-state index in [1.54, 1.807) is 39.8 Å². The number of hydrogen-bond donors (Lipinski definition) is 9. The number of amides is 4. The van der Waals surface area contributed by atoms with Crippen LogP contribution in [0.15, 0.2) is 95.0 Å². The number of phenolic OH excluding ortho intramolecular Hbond substituents is 1. The smallest absolute Gasteiger partial charge is 0.305 e. The fourth-order valence-corrected chi connectivity index (χ4v) is 12.7. The number of nitrogens with two attached hydrogens (primary N) is 2. The number of nitrogens with zero attached hydrogens (tertiary/aromatic N) is 2. The summed E-state index contributed by atoms with van der Waals surface area (Å²) in [6, 6.07) is 20.1. The summed E-state index contributed by atoms with van der Waals surface area (Å²) in [7, 11) is 0. The van der Waals surface area contributed by atoms with E-state index in [9.17, 15) is 43.8 Å². The van der Waals surface area contributed by atoms with Gasteiger partial charge in [0.05, 0.1) is 41.8 Å². The Morgan fingerprint density at radius 1 is 0.620 bits per heavy atom. The summed E-state index contributed by atoms with van der Waals surface area (Å²) < 4.78 is 0. The fourth-order valence-electron chi connectivity index (χ4n) is 12.2. The zero-order chi connectivity index (χ0) is 68.0. The van der Waals surface area contributed by atoms with E-state index in [4.69, 9.17) is 11.5 Å². The van der Waals surface area contributed by atoms with E-state index in [0.717, 1.165) is 34.9 Å². The van der Waals surface area contributed by atoms with Crippen molar-refractivity contribution in [2.75, 3.05) is 25.1 Å². The van der Waals surface area contributed by atoms with Crippen LogP contribution in [0, 0.1) is 35.0 Å². The topological polar surface area (TPSA) is 318 Å². The molecule has 4 aromatic rings. The molecule has 0 unspecified atom stereocenters. The molecular weight excluding hydrogens is 1180 g/mol. The molecular formula is C72H107N9O10S. The van der Waals surface area contributed by atoms with Crippen molar-refractivity contribution in [1.29, 1.82) is 0 Å². The molecule has 92 heavy (non-hydrogen) atoms. The van der Waals surface area contributed by atoms with E-state index in [-0.39, 0.29) is 68.8 Å². The first kappa shape index (κ1) is 77.1. The highest BCUT2D eigenvalue weighted by molar-refractivity contribution is 7.98. The average Bonchev–Trinajstić information content (AvgIpc) is 1.47. The minimum Gasteiger partial charge on any atom is -0.508 e. The number of phenols is 1. The number of carboxylic acids is 1. The van der Waals surface area contributed by atoms with Crippen LogP contribution >= 0.6 is 11.8 Å². The van der Waals surface area contributed by atoms with Crippen LogP contribution in [0.3, 0.4) is 0 Å². The molecule has 0 fully saturated rings. The largest absolute Gasteiger partial charge is 0.508 e. The van der Waals surface area contributed by atoms with Crippen LogP contribution in [-0.2, 0) is 57.6 Å². The summed E-state index contributed by atoms with van der Waals surface area (Å²) in [6.45, 7) is 17.4. The number of unbranched alkanes of at least 4 members (excludes halogenated alkanes) is 2. The van der Waals surface area contributed by atoms with Gasteiger partial charge in [0.2, 0.25) is 23.6 Å². The van der Waals surface area contributed by atoms with E-state index >= 15 is 4.79 Å². The highest BCUT2D eigenvalue weighted by Crippen LogP contribution is 2.36. The third kappa shape index (κ3) is 25.3. The quantitative estimate of drug-likeness (QED) is 0.0113. The number of fused-ring (bicyclic) bond motifs is 1. The van der Waals surface area contributed by atoms with Crippen LogP contribution in [0.4, 0.5) is 0 Å². The Bertz CT molecular complexity index is 3030. The van der Waals surface area contributed by atoms with Crippen LogP contribution in [0.5, 0.6) is 5.75 Å². The molecule has 0 saturated heterocycles. The van der Waals surface area contributed by atoms with Crippen LogP contribution < -0.4 is 32.7 Å². The van der Waals surface area contributed by atoms with Gasteiger partial charge in [0, 0.05) is 72.6 Å². The molecule has 0 spiro atoms. The van der Waals surface area contributed by atoms with Gasteiger partial charge in [0.25, 0.3) is 0 Å². The number of para-hydroxylation sites is 1. The Morgan fingerprint density at radius 2 is 1.18 bits per heavy atom. The molecule has 20 heteroatoms. The number of aromatic amines is 1. The fraction of sp³-hybridized carbons (Fsp3) is 0.583. The van der Waals surface area contributed by atoms with Crippen molar-refractivity contribution in [1.82, 2.24) is 26.3 Å². The van der Waals surface area contributed by atoms with Gasteiger partial charge in [-0.25, -0.2) is 0 Å². The van der Waals surface area contributed by atoms with Gasteiger partial charge < -0.3 is 47.9 Å². The number of carbonyl (C=O) groups excluding carboxylic acids is 7. The number of carboxylic acid groups (broad SMARTS) is 1. The number of aliphatic carboxylic acids is 1. The molecule has 1 aromatic heterocycles. The molecule has 0 aliphatic carbocycles. The molecule has 4 amide bonds. The Kier molecular flexibility index (Phi) is 32.9. The van der Waals surface area contributed by atoms with Crippen molar-refractivity contribution < 1.29 is 48.6 Å². The lowest BCUT2D eigenvalue weighted by molar-refractivity contribution is -0.140. The van der Waals surface area contributed by atoms with E-state index < -0.39 is 93.9 Å². The first-order valence-corrected chi connectivity index (χ1v) is 34.6. The third-order valence-corrected chi connectivity index (χ3v) is 18.4. The van der Waals surface area contributed by atoms with Crippen LogP contribution in [0.1, 0.15) is 182 Å². The van der Waals surface area contributed by atoms with E-state index in [1.165, 1.54) is 23.9 Å². The molecule has 0 saturated carbocycles. The maximum absolute atomic E-state index is 15.1. The number of benzene rings is 3. The molecule has 19 nitrogen and oxygen atoms in total. The van der Waals surface area contributed by atoms with Gasteiger partial charge in [0.1, 0.15) is 5.75 Å². The van der Waals surface area contributed by atoms with Gasteiger partial charge in [0.15, 0.2) is 17.3 Å². The number of aromatic nitrogens is 1. The molecule has 4 rings (SSSR count). The zero-order valence-electron chi connectivity index (χ0n) is 56.4. The number of ketones is 3. The maximum Gasteiger partial charge on any atom is 0.305 e. The molecule has 0 aliphatic rings. The monoisotopic (exact) mass is 1290 g/mol. The number of aromatic hydroxyl groups is 1. The molecule has 0 bridgehead atoms. The highest BCUT2D eigenvalue weighted by Gasteiger charge is 2.41. The first-order valence-electron chi connectivity index (χ1n) is 33.2. The van der Waals surface area contributed by atoms with Crippen LogP contribution in [0.2, 0.25) is 0 Å². The van der Waals surface area contributed by atoms with E-state index in [2.05, 4.69) is 36.2 Å². The Balaban J connectivity index is 1.66. The number of H-pyrrole nitrogens is 1. The average molecular weight is 1290 g/mol. The standard InChI is InChI=1S/C72H107N9O10S/c1-11-14-34-72(35-15-12-2,45-65(86)87)81-68(89)54(41-55-46-77-59-26-20-19-25-57(55)59)43-62(83)60(31-38-92-10)78-69(90)58(47(4)5)44-64(85)66(48(6)7)80-67(88)53(39-52-27-29-56(82)30-28-52)42-63(84)61(40-51-23-17-16-18-24-51)79-70(91)71(13-3,32-21-36-75-49(8)73)33-22-37-76-50(9)74/h16-20,23-30,46-48,53-54,58,60-61,66,77,82H,11-15,21-22,31-45H2,1-10H3,(H2,73,75)(H2,74,76)(H,78,90)(H,79,91)(H,80,88)(H,81,89)(H,86,87)/t53-,54-,58+,60+,61+,66+/m1/s1. The highest BCUT2D eigenvalue weighted by atomic mass is 32.2. The Hall–Kier alpha value is -7.35. The van der Waals surface area contributed by atoms with Crippen LogP contribution in [0.25, 0.3) is 10.9 Å². The van der Waals surface area contributed by atoms with Gasteiger partial charge in [-0.2, -0.15) is 11.8 Å². The molecule has 506 valence electrons. The maximum atomic E-state index is 15.1. The van der Waals surface area contributed by atoms with Crippen molar-refractivity contribution in [3.8, 4) is 5.75 Å². The van der Waals surface area contributed by atoms with Crippen LogP contribution in [-0.4, -0.2) is 123 Å². The molecule has 3 aromatic carbocycles. The lowest BCUT2D eigenvalue weighted by Crippen LogP contribution is -2.53. The summed E-state index contributed by atoms with van der Waals surface area (Å²) in [6.07, 6.45) is 9.51. The summed E-state index contributed by atoms with van der Waals surface area (Å²) in [5, 5.41) is 33.6. The zero-order valence-corrected chi connectivity index (χ0v) is 57.2. The summed E-state index contributed by atoms with van der Waals surface area (Å²) >= 11 is 1.49. The SMILES string of the molecule is CCCCC(CCCC)(CC(=O)O)NC(=O)[C@@H](CC(=O)[C@H](CCSC)NC(=O)[C@@H](CC(=O)[C@@H](NC(=O)[C@@H](CC(=O)[C@H](Cc1ccccc1)NC(=O)C(CC)(CCCN=C(C)N)CCCN=C(C)N)Cc1ccc(O)cc1)C(C)C)C(C)C)Cc1c[nH]c2ccccc12. The van der Waals surface area contributed by atoms with Gasteiger partial charge in [-0.1, -0.05) is 135 Å². The van der Waals surface area contributed by atoms with Crippen molar-refractivity contribution in [2.45, 2.75) is 208 Å². The number of nitrogens with one attached hydrogen (secondary N) is 5. The predicted molar refractivity (Wildman–Crippen MR) is 369 cm³/mol. The number of Topliss-reactive ketones (excluding diaryl/α,β-unsaturated/α-hetero) is 3. The molecule has 11 N–H and O–H groups in total. The van der Waals surface area contributed by atoms with Gasteiger partial charge in [-0.3, -0.25) is 48.3 Å². The Morgan fingerprint density at radius 3 is 1.73 bits per heavy atom. The van der Waals surface area contributed by atoms with E-state index in [1.807, 2.05) is 102 Å². The molecule has 0 radical (unpaired) electrons. The predicted octanol–water partition coefficient (Wildman–Crippen LogP) is 10.6. The van der Waals surface area contributed by atoms with Gasteiger partial charge in [-0.05, 0) is 143 Å². The summed E-state index contributed by atoms with van der Waals surface area (Å²) in [5.74, 6) is -6.58. The lowest BCUT2D eigenvalue weighted by Gasteiger charge is -2.35. The molecule has 1 heterocycles. The number of rotatable bonds is 45. The first-order chi connectivity index (χ1) is 43.8. The second-order valence-electron chi connectivity index (χ2n) is 25.9. The second kappa shape index (κ2) is 39.3. The number of aliphatic imine (C=N–C) groups is 2. The number of hydrogen-bond acceptors (Lipinski definition) is 12. The number of amidine groups is 2. The number of thioether (sulfide) groups is 1. The number of carbonyl (C=O) groups is 8. The molecule has 6 atom stereocenters. The lowest BCUT2D eigenvalue weighted by atomic mass is 9.75. The normalized spacial score (nSPS) is 14.8. The second-order valence-corrected chi connectivity index (χ2v) is 26.9. The Labute approximate surface area is 550 Å². The summed E-state index contributed by atoms with van der Waals surface area (Å²) in [4.78, 5) is 129. The van der Waals surface area contributed by atoms with Crippen molar-refractivity contribution in [3.05, 3.63) is 102 Å². The van der Waals surface area contributed by atoms with Crippen molar-refractivity contribution >= 4 is 81.3 Å². The van der Waals surface area contributed by atoms with Gasteiger partial charge >= 0.3 is 5.97 Å². The van der Waals surface area contributed by atoms with Crippen molar-refractivity contribution in [2.24, 2.45) is 56.5 Å². The third-order valence-electron chi connectivity index (χ3n) is 17.8.